The van der Waals surface area contributed by atoms with Crippen LogP contribution in [0.3, 0.4) is 0 Å². The Hall–Kier alpha value is -1.81. The second-order valence-electron chi connectivity index (χ2n) is 4.17. The van der Waals surface area contributed by atoms with Gasteiger partial charge in [-0.3, -0.25) is 4.79 Å². The first-order chi connectivity index (χ1) is 8.49. The minimum Gasteiger partial charge on any atom is -0.481 e. The Labute approximate surface area is 110 Å². The number of aryl methyl sites for hydroxylation is 1. The summed E-state index contributed by atoms with van der Waals surface area (Å²) in [6.45, 7) is 2.00. The predicted molar refractivity (Wildman–Crippen MR) is 69.7 cm³/mol. The number of carboxylic acid groups (broad SMARTS) is 1. The van der Waals surface area contributed by atoms with E-state index in [0.717, 1.165) is 11.1 Å². The average Bonchev–Trinajstić information content (AvgIpc) is 2.58. The molecule has 0 aliphatic heterocycles. The lowest BCUT2D eigenvalue weighted by atomic mass is 10.1. The second-order valence-corrected chi connectivity index (χ2v) is 4.53. The molecule has 0 fully saturated rings. The van der Waals surface area contributed by atoms with Crippen LogP contribution in [0.2, 0.25) is 5.15 Å². The zero-order chi connectivity index (χ0) is 13.3. The highest BCUT2D eigenvalue weighted by molar-refractivity contribution is 6.30. The molecule has 0 aliphatic carbocycles. The normalized spacial score (nSPS) is 10.6. The first kappa shape index (κ1) is 12.6. The fraction of sp³-hybridized carbons (Fsp3) is 0.231. The van der Waals surface area contributed by atoms with Gasteiger partial charge in [-0.25, -0.2) is 4.98 Å². The summed E-state index contributed by atoms with van der Waals surface area (Å²) in [6.07, 6.45) is -0.131. The number of aliphatic carboxylic acids is 1. The molecule has 18 heavy (non-hydrogen) atoms. The molecule has 1 heterocycles. The van der Waals surface area contributed by atoms with E-state index in [2.05, 4.69) is 4.98 Å². The highest BCUT2D eigenvalue weighted by Crippen LogP contribution is 2.25. The van der Waals surface area contributed by atoms with E-state index >= 15 is 0 Å². The third-order valence-corrected chi connectivity index (χ3v) is 3.10. The molecule has 0 radical (unpaired) electrons. The second kappa shape index (κ2) is 4.82. The number of hydrogen-bond acceptors (Lipinski definition) is 2. The van der Waals surface area contributed by atoms with Gasteiger partial charge in [0, 0.05) is 12.6 Å². The number of halogens is 1. The first-order valence-electron chi connectivity index (χ1n) is 5.49. The summed E-state index contributed by atoms with van der Waals surface area (Å²) in [5.74, 6) is -0.244. The maximum Gasteiger partial charge on any atom is 0.309 e. The third-order valence-electron chi connectivity index (χ3n) is 2.79. The lowest BCUT2D eigenvalue weighted by molar-refractivity contribution is -0.136. The molecule has 0 aliphatic rings. The largest absolute Gasteiger partial charge is 0.481 e. The van der Waals surface area contributed by atoms with Crippen molar-refractivity contribution < 1.29 is 9.90 Å². The van der Waals surface area contributed by atoms with Crippen LogP contribution in [0.15, 0.2) is 24.3 Å². The van der Waals surface area contributed by atoms with Crippen molar-refractivity contribution in [2.24, 2.45) is 7.05 Å². The van der Waals surface area contributed by atoms with Crippen molar-refractivity contribution in [1.82, 2.24) is 9.55 Å². The lowest BCUT2D eigenvalue weighted by Crippen LogP contribution is -2.06. The zero-order valence-electron chi connectivity index (χ0n) is 10.1. The van der Waals surface area contributed by atoms with E-state index in [4.69, 9.17) is 16.7 Å². The fourth-order valence-corrected chi connectivity index (χ4v) is 2.07. The Morgan fingerprint density at radius 1 is 1.39 bits per heavy atom. The molecule has 0 saturated heterocycles. The Balaban J connectivity index is 2.46. The van der Waals surface area contributed by atoms with Gasteiger partial charge in [0.15, 0.2) is 5.15 Å². The van der Waals surface area contributed by atoms with Gasteiger partial charge in [0.2, 0.25) is 0 Å². The number of aromatic nitrogens is 2. The molecule has 0 spiro atoms. The predicted octanol–water partition coefficient (Wildman–Crippen LogP) is 2.68. The molecular weight excluding hydrogens is 252 g/mol. The molecule has 4 nitrogen and oxygen atoms in total. The van der Waals surface area contributed by atoms with Crippen LogP contribution >= 0.6 is 11.6 Å². The van der Waals surface area contributed by atoms with E-state index in [1.165, 1.54) is 0 Å². The van der Waals surface area contributed by atoms with Crippen molar-refractivity contribution in [1.29, 1.82) is 0 Å². The first-order valence-corrected chi connectivity index (χ1v) is 5.86. The van der Waals surface area contributed by atoms with Gasteiger partial charge in [0.05, 0.1) is 12.1 Å². The van der Waals surface area contributed by atoms with Crippen LogP contribution in [0, 0.1) is 6.92 Å². The fourth-order valence-electron chi connectivity index (χ4n) is 1.79. The van der Waals surface area contributed by atoms with Gasteiger partial charge < -0.3 is 9.67 Å². The van der Waals surface area contributed by atoms with Gasteiger partial charge in [0.25, 0.3) is 0 Å². The molecule has 0 saturated carbocycles. The minimum atomic E-state index is -0.921. The molecule has 5 heteroatoms. The van der Waals surface area contributed by atoms with E-state index in [0.29, 0.717) is 11.5 Å². The molecule has 1 aromatic carbocycles. The Kier molecular flexibility index (Phi) is 3.39. The van der Waals surface area contributed by atoms with Crippen molar-refractivity contribution in [2.75, 3.05) is 0 Å². The van der Waals surface area contributed by atoms with Crippen LogP contribution in [-0.2, 0) is 18.3 Å². The number of carboxylic acids is 1. The summed E-state index contributed by atoms with van der Waals surface area (Å²) in [6, 6.07) is 7.85. The van der Waals surface area contributed by atoms with Crippen LogP contribution in [0.1, 0.15) is 11.3 Å². The monoisotopic (exact) mass is 264 g/mol. The number of hydrogen-bond donors (Lipinski definition) is 1. The maximum atomic E-state index is 10.8. The van der Waals surface area contributed by atoms with Gasteiger partial charge in [-0.15, -0.1) is 0 Å². The summed E-state index contributed by atoms with van der Waals surface area (Å²) < 4.78 is 1.72. The summed E-state index contributed by atoms with van der Waals surface area (Å²) in [5, 5.41) is 9.08. The molecule has 1 aromatic heterocycles. The van der Waals surface area contributed by atoms with Gasteiger partial charge >= 0.3 is 5.97 Å². The van der Waals surface area contributed by atoms with Gasteiger partial charge in [-0.05, 0) is 6.92 Å². The van der Waals surface area contributed by atoms with Crippen molar-refractivity contribution in [3.63, 3.8) is 0 Å². The Morgan fingerprint density at radius 3 is 2.56 bits per heavy atom. The SMILES string of the molecule is Cc1ccc(-c2nc(Cl)c(CC(=O)O)n2C)cc1. The molecule has 2 rings (SSSR count). The van der Waals surface area contributed by atoms with Crippen LogP contribution in [0.25, 0.3) is 11.4 Å². The summed E-state index contributed by atoms with van der Waals surface area (Å²) in [4.78, 5) is 15.0. The van der Waals surface area contributed by atoms with E-state index in [1.54, 1.807) is 11.6 Å². The smallest absolute Gasteiger partial charge is 0.309 e. The zero-order valence-corrected chi connectivity index (χ0v) is 10.9. The minimum absolute atomic E-state index is 0.131. The molecule has 94 valence electrons. The van der Waals surface area contributed by atoms with Crippen molar-refractivity contribution >= 4 is 17.6 Å². The number of rotatable bonds is 3. The van der Waals surface area contributed by atoms with Gasteiger partial charge in [0.1, 0.15) is 5.82 Å². The standard InChI is InChI=1S/C13H13ClN2O2/c1-8-3-5-9(6-4-8)13-15-12(14)10(16(13)2)7-11(17)18/h3-6H,7H2,1-2H3,(H,17,18). The lowest BCUT2D eigenvalue weighted by Gasteiger charge is -2.04. The molecule has 0 amide bonds. The summed E-state index contributed by atoms with van der Waals surface area (Å²) in [5.41, 5.74) is 2.59. The molecule has 0 atom stereocenters. The number of nitrogens with zero attached hydrogens (tertiary/aromatic N) is 2. The highest BCUT2D eigenvalue weighted by atomic mass is 35.5. The quantitative estimate of drug-likeness (QED) is 0.927. The third kappa shape index (κ3) is 2.38. The van der Waals surface area contributed by atoms with Crippen molar-refractivity contribution in [2.45, 2.75) is 13.3 Å². The highest BCUT2D eigenvalue weighted by Gasteiger charge is 2.16. The van der Waals surface area contributed by atoms with Crippen molar-refractivity contribution in [3.05, 3.63) is 40.7 Å². The van der Waals surface area contributed by atoms with E-state index in [9.17, 15) is 4.79 Å². The molecule has 0 unspecified atom stereocenters. The summed E-state index contributed by atoms with van der Waals surface area (Å²) >= 11 is 5.98. The van der Waals surface area contributed by atoms with Crippen LogP contribution in [0.4, 0.5) is 0 Å². The van der Waals surface area contributed by atoms with Crippen LogP contribution < -0.4 is 0 Å². The number of carbonyl (C=O) groups is 1. The van der Waals surface area contributed by atoms with Crippen LogP contribution in [-0.4, -0.2) is 20.6 Å². The van der Waals surface area contributed by atoms with Crippen molar-refractivity contribution in [3.8, 4) is 11.4 Å². The van der Waals surface area contributed by atoms with E-state index < -0.39 is 5.97 Å². The number of benzene rings is 1. The molecular formula is C13H13ClN2O2. The summed E-state index contributed by atoms with van der Waals surface area (Å²) in [7, 11) is 1.77. The van der Waals surface area contributed by atoms with Crippen LogP contribution in [0.5, 0.6) is 0 Å². The maximum absolute atomic E-state index is 10.8. The Bertz CT molecular complexity index is 588. The Morgan fingerprint density at radius 2 is 2.00 bits per heavy atom. The molecule has 0 bridgehead atoms. The van der Waals surface area contributed by atoms with Gasteiger partial charge in [-0.2, -0.15) is 0 Å². The molecule has 1 N–H and O–H groups in total. The topological polar surface area (TPSA) is 55.1 Å². The average molecular weight is 265 g/mol. The van der Waals surface area contributed by atoms with E-state index in [1.807, 2.05) is 31.2 Å². The number of imidazole rings is 1. The van der Waals surface area contributed by atoms with E-state index in [-0.39, 0.29) is 11.6 Å². The molecule has 2 aromatic rings. The van der Waals surface area contributed by atoms with Gasteiger partial charge in [-0.1, -0.05) is 41.4 Å².